The Labute approximate surface area is 242 Å². The van der Waals surface area contributed by atoms with Gasteiger partial charge in [0.25, 0.3) is 0 Å². The predicted octanol–water partition coefficient (Wildman–Crippen LogP) is 3.08. The molecule has 2 aromatic carbocycles. The average molecular weight is 580 g/mol. The van der Waals surface area contributed by atoms with Crippen LogP contribution in [0.3, 0.4) is 0 Å². The summed E-state index contributed by atoms with van der Waals surface area (Å²) >= 11 is 0. The van der Waals surface area contributed by atoms with Crippen molar-refractivity contribution in [1.29, 1.82) is 0 Å². The Morgan fingerprint density at radius 3 is 2.68 bits per heavy atom. The Kier molecular flexibility index (Phi) is 8.90. The third kappa shape index (κ3) is 6.24. The fraction of sp³-hybridized carbons (Fsp3) is 0.500. The number of anilines is 1. The molecule has 11 heteroatoms. The molecule has 0 radical (unpaired) electrons. The summed E-state index contributed by atoms with van der Waals surface area (Å²) in [6.45, 7) is 8.22. The number of aliphatic hydroxyl groups is 1. The topological polar surface area (TPSA) is 122 Å². The molecule has 1 amide bonds. The Bertz CT molecular complexity index is 1330. The third-order valence-electron chi connectivity index (χ3n) is 8.48. The van der Waals surface area contributed by atoms with E-state index in [4.69, 9.17) is 9.47 Å². The van der Waals surface area contributed by atoms with Crippen LogP contribution in [0.25, 0.3) is 0 Å². The van der Waals surface area contributed by atoms with Crippen LogP contribution in [-0.2, 0) is 16.1 Å². The van der Waals surface area contributed by atoms with Crippen LogP contribution >= 0.6 is 0 Å². The minimum absolute atomic E-state index is 0.0337. The molecule has 3 aromatic rings. The summed E-state index contributed by atoms with van der Waals surface area (Å²) in [7, 11) is -0.994. The zero-order valence-corrected chi connectivity index (χ0v) is 25.2. The number of fused-ring (bicyclic) bond motifs is 1. The average Bonchev–Trinajstić information content (AvgIpc) is 3.42. The lowest BCUT2D eigenvalue weighted by Gasteiger charge is -2.44. The van der Waals surface area contributed by atoms with E-state index in [1.165, 1.54) is 0 Å². The van der Waals surface area contributed by atoms with Gasteiger partial charge in [0.05, 0.1) is 30.9 Å². The number of benzene rings is 2. The SMILES string of the molecule is CO[C@@H]1c2cc(N3CCNCC3=O)ccc2O[C@H](C(CCn2cc(C(CO)c3ccccc3)nn2)[Si](C)(C)O)[C@H]1C. The van der Waals surface area contributed by atoms with Crippen molar-refractivity contribution in [1.82, 2.24) is 20.3 Å². The molecule has 10 nitrogen and oxygen atoms in total. The number of carbonyl (C=O) groups excluding carboxylic acids is 1. The molecule has 1 aromatic heterocycles. The maximum Gasteiger partial charge on any atom is 0.240 e. The number of amides is 1. The van der Waals surface area contributed by atoms with E-state index in [1.54, 1.807) is 16.7 Å². The molecule has 2 aliphatic rings. The number of hydrogen-bond acceptors (Lipinski definition) is 8. The van der Waals surface area contributed by atoms with E-state index in [1.807, 2.05) is 67.8 Å². The molecule has 0 saturated carbocycles. The molecule has 0 spiro atoms. The fourth-order valence-electron chi connectivity index (χ4n) is 6.24. The van der Waals surface area contributed by atoms with Crippen molar-refractivity contribution < 1.29 is 24.2 Å². The van der Waals surface area contributed by atoms with E-state index < -0.39 is 8.32 Å². The van der Waals surface area contributed by atoms with Crippen LogP contribution in [-0.4, -0.2) is 78.6 Å². The van der Waals surface area contributed by atoms with Crippen LogP contribution in [0.2, 0.25) is 18.6 Å². The highest BCUT2D eigenvalue weighted by Gasteiger charge is 2.46. The highest BCUT2D eigenvalue weighted by molar-refractivity contribution is 6.71. The molecule has 1 fully saturated rings. The standard InChI is InChI=1S/C30H41N5O5Si/c1-20-29(39-2)23-16-22(35-15-13-31-17-28(35)37)10-11-26(23)40-30(20)27(41(3,4)38)12-14-34-18-25(32-33-34)24(19-36)21-8-6-5-7-9-21/h5-11,16,18,20,24,27,29-31,36,38H,12-15,17,19H2,1-4H3/t20-,24?,27?,29-,30-/m0/s1. The van der Waals surface area contributed by atoms with E-state index >= 15 is 0 Å². The molecule has 2 aliphatic heterocycles. The van der Waals surface area contributed by atoms with Gasteiger partial charge in [0.15, 0.2) is 8.32 Å². The summed E-state index contributed by atoms with van der Waals surface area (Å²) in [6.07, 6.45) is 2.04. The second kappa shape index (κ2) is 12.4. The lowest BCUT2D eigenvalue weighted by atomic mass is 9.86. The molecule has 0 aliphatic carbocycles. The van der Waals surface area contributed by atoms with E-state index in [0.717, 1.165) is 29.1 Å². The summed E-state index contributed by atoms with van der Waals surface area (Å²) in [5.74, 6) is 0.498. The van der Waals surface area contributed by atoms with Gasteiger partial charge in [-0.05, 0) is 43.3 Å². The predicted molar refractivity (Wildman–Crippen MR) is 158 cm³/mol. The van der Waals surface area contributed by atoms with E-state index in [0.29, 0.717) is 31.7 Å². The lowest BCUT2D eigenvalue weighted by Crippen LogP contribution is -2.49. The molecule has 1 saturated heterocycles. The first-order chi connectivity index (χ1) is 19.7. The van der Waals surface area contributed by atoms with Gasteiger partial charge in [-0.15, -0.1) is 5.10 Å². The van der Waals surface area contributed by atoms with Gasteiger partial charge in [-0.3, -0.25) is 9.48 Å². The Balaban J connectivity index is 1.35. The number of aryl methyl sites for hydroxylation is 1. The van der Waals surface area contributed by atoms with Gasteiger partial charge in [-0.2, -0.15) is 0 Å². The fourth-order valence-corrected chi connectivity index (χ4v) is 8.25. The van der Waals surface area contributed by atoms with Gasteiger partial charge in [0.2, 0.25) is 5.91 Å². The molecular weight excluding hydrogens is 538 g/mol. The molecule has 220 valence electrons. The zero-order valence-electron chi connectivity index (χ0n) is 24.2. The van der Waals surface area contributed by atoms with Gasteiger partial charge in [-0.1, -0.05) is 42.5 Å². The van der Waals surface area contributed by atoms with Crippen molar-refractivity contribution in [3.8, 4) is 5.75 Å². The summed E-state index contributed by atoms with van der Waals surface area (Å²) < 4.78 is 14.5. The number of nitrogens with zero attached hydrogens (tertiary/aromatic N) is 4. The van der Waals surface area contributed by atoms with E-state index in [-0.39, 0.29) is 42.1 Å². The van der Waals surface area contributed by atoms with Crippen LogP contribution in [0.15, 0.2) is 54.7 Å². The highest BCUT2D eigenvalue weighted by Crippen LogP contribution is 2.47. The minimum atomic E-state index is -2.70. The summed E-state index contributed by atoms with van der Waals surface area (Å²) in [5.41, 5.74) is 3.37. The number of nitrogens with one attached hydrogen (secondary N) is 1. The van der Waals surface area contributed by atoms with Gasteiger partial charge in [0, 0.05) is 55.7 Å². The third-order valence-corrected chi connectivity index (χ3v) is 10.9. The largest absolute Gasteiger partial charge is 0.490 e. The van der Waals surface area contributed by atoms with Gasteiger partial charge in [0.1, 0.15) is 11.9 Å². The second-order valence-electron chi connectivity index (χ2n) is 11.6. The molecule has 5 atom stereocenters. The van der Waals surface area contributed by atoms with Crippen LogP contribution < -0.4 is 15.0 Å². The molecule has 2 unspecified atom stereocenters. The number of methoxy groups -OCH3 is 1. The Morgan fingerprint density at radius 2 is 2.00 bits per heavy atom. The molecule has 3 heterocycles. The molecule has 41 heavy (non-hydrogen) atoms. The first-order valence-corrected chi connectivity index (χ1v) is 17.4. The number of aromatic nitrogens is 3. The lowest BCUT2D eigenvalue weighted by molar-refractivity contribution is -0.118. The van der Waals surface area contributed by atoms with Gasteiger partial charge in [-0.25, -0.2) is 0 Å². The molecular formula is C30H41N5O5Si. The normalized spacial score (nSPS) is 22.6. The van der Waals surface area contributed by atoms with E-state index in [9.17, 15) is 14.7 Å². The Hall–Kier alpha value is -3.09. The summed E-state index contributed by atoms with van der Waals surface area (Å²) in [5, 5.41) is 21.9. The molecule has 3 N–H and O–H groups in total. The van der Waals surface area contributed by atoms with Crippen molar-refractivity contribution in [2.45, 2.75) is 56.7 Å². The van der Waals surface area contributed by atoms with Crippen molar-refractivity contribution in [3.05, 3.63) is 71.5 Å². The van der Waals surface area contributed by atoms with Gasteiger partial charge >= 0.3 is 0 Å². The minimum Gasteiger partial charge on any atom is -0.490 e. The summed E-state index contributed by atoms with van der Waals surface area (Å²) in [6, 6.07) is 15.7. The van der Waals surface area contributed by atoms with Crippen LogP contribution in [0.4, 0.5) is 5.69 Å². The summed E-state index contributed by atoms with van der Waals surface area (Å²) in [4.78, 5) is 25.8. The number of aliphatic hydroxyl groups excluding tert-OH is 1. The van der Waals surface area contributed by atoms with Crippen LogP contribution in [0.5, 0.6) is 5.75 Å². The van der Waals surface area contributed by atoms with Crippen molar-refractivity contribution in [2.75, 3.05) is 38.3 Å². The number of rotatable bonds is 10. The highest BCUT2D eigenvalue weighted by atomic mass is 28.4. The van der Waals surface area contributed by atoms with Crippen molar-refractivity contribution >= 4 is 19.9 Å². The Morgan fingerprint density at radius 1 is 1.22 bits per heavy atom. The number of carbonyl (C=O) groups is 1. The molecule has 5 rings (SSSR count). The number of ether oxygens (including phenoxy) is 2. The van der Waals surface area contributed by atoms with Crippen LogP contribution in [0, 0.1) is 5.92 Å². The zero-order chi connectivity index (χ0) is 29.1. The van der Waals surface area contributed by atoms with Gasteiger partial charge < -0.3 is 29.6 Å². The van der Waals surface area contributed by atoms with Crippen molar-refractivity contribution in [3.63, 3.8) is 0 Å². The maximum absolute atomic E-state index is 12.5. The second-order valence-corrected chi connectivity index (χ2v) is 15.7. The maximum atomic E-state index is 12.5. The number of hydrogen-bond donors (Lipinski definition) is 3. The van der Waals surface area contributed by atoms with E-state index in [2.05, 4.69) is 22.6 Å². The van der Waals surface area contributed by atoms with Crippen molar-refractivity contribution in [2.24, 2.45) is 5.92 Å². The monoisotopic (exact) mass is 579 g/mol. The quantitative estimate of drug-likeness (QED) is 0.314. The smallest absolute Gasteiger partial charge is 0.240 e. The molecule has 0 bridgehead atoms. The first kappa shape index (κ1) is 29.4. The van der Waals surface area contributed by atoms with Crippen LogP contribution in [0.1, 0.15) is 42.2 Å². The first-order valence-electron chi connectivity index (χ1n) is 14.3. The number of piperazine rings is 1.